The van der Waals surface area contributed by atoms with Crippen molar-refractivity contribution < 1.29 is 14.3 Å². The van der Waals surface area contributed by atoms with Gasteiger partial charge in [0.05, 0.1) is 25.5 Å². The number of carbonyl (C=O) groups is 1. The molecule has 0 aliphatic heterocycles. The number of aryl methyl sites for hydroxylation is 1. The number of fused-ring (bicyclic) bond motifs is 1. The van der Waals surface area contributed by atoms with Gasteiger partial charge in [-0.15, -0.1) is 0 Å². The Morgan fingerprint density at radius 2 is 1.93 bits per heavy atom. The highest BCUT2D eigenvalue weighted by Crippen LogP contribution is 2.30. The van der Waals surface area contributed by atoms with Crippen molar-refractivity contribution in [1.29, 1.82) is 0 Å². The van der Waals surface area contributed by atoms with E-state index in [9.17, 15) is 4.79 Å². The van der Waals surface area contributed by atoms with Crippen molar-refractivity contribution in [1.82, 2.24) is 5.43 Å². The van der Waals surface area contributed by atoms with Gasteiger partial charge in [0.15, 0.2) is 11.5 Å². The third-order valence-electron chi connectivity index (χ3n) is 4.25. The smallest absolute Gasteiger partial charge is 0.272 e. The number of methoxy groups -OCH3 is 1. The molecule has 1 N–H and O–H groups in total. The quantitative estimate of drug-likeness (QED) is 0.525. The van der Waals surface area contributed by atoms with Gasteiger partial charge in [-0.2, -0.15) is 5.10 Å². The molecule has 0 aromatic heterocycles. The van der Waals surface area contributed by atoms with E-state index < -0.39 is 0 Å². The van der Waals surface area contributed by atoms with Crippen molar-refractivity contribution in [2.24, 2.45) is 5.10 Å². The average Bonchev–Trinajstić information content (AvgIpc) is 2.69. The lowest BCUT2D eigenvalue weighted by Gasteiger charge is -2.11. The Bertz CT molecular complexity index is 996. The summed E-state index contributed by atoms with van der Waals surface area (Å²) < 4.78 is 11.0. The Morgan fingerprint density at radius 1 is 1.11 bits per heavy atom. The molecule has 0 unspecified atom stereocenters. The van der Waals surface area contributed by atoms with E-state index in [0.29, 0.717) is 23.7 Å². The molecular weight excluding hydrogens is 340 g/mol. The zero-order valence-corrected chi connectivity index (χ0v) is 15.7. The Balaban J connectivity index is 1.86. The number of nitrogens with zero attached hydrogens (tertiary/aromatic N) is 1. The number of para-hydroxylation sites is 1. The Labute approximate surface area is 158 Å². The van der Waals surface area contributed by atoms with E-state index in [1.54, 1.807) is 13.3 Å². The minimum atomic E-state index is -0.249. The zero-order valence-electron chi connectivity index (χ0n) is 15.7. The molecule has 5 nitrogen and oxygen atoms in total. The number of rotatable bonds is 6. The van der Waals surface area contributed by atoms with Gasteiger partial charge in [0, 0.05) is 5.56 Å². The second kappa shape index (κ2) is 8.36. The van der Waals surface area contributed by atoms with Crippen LogP contribution in [0.1, 0.15) is 28.4 Å². The Morgan fingerprint density at radius 3 is 2.70 bits per heavy atom. The van der Waals surface area contributed by atoms with Crippen LogP contribution >= 0.6 is 0 Å². The van der Waals surface area contributed by atoms with E-state index in [0.717, 1.165) is 21.9 Å². The first kappa shape index (κ1) is 18.5. The van der Waals surface area contributed by atoms with Gasteiger partial charge in [-0.3, -0.25) is 4.79 Å². The van der Waals surface area contributed by atoms with E-state index in [2.05, 4.69) is 10.5 Å². The van der Waals surface area contributed by atoms with Gasteiger partial charge in [-0.05, 0) is 42.3 Å². The average molecular weight is 362 g/mol. The van der Waals surface area contributed by atoms with Crippen LogP contribution in [0.3, 0.4) is 0 Å². The molecule has 0 saturated carbocycles. The Kier molecular flexibility index (Phi) is 5.71. The topological polar surface area (TPSA) is 59.9 Å². The van der Waals surface area contributed by atoms with Crippen molar-refractivity contribution in [3.05, 3.63) is 71.3 Å². The summed E-state index contributed by atoms with van der Waals surface area (Å²) in [5.74, 6) is 0.972. The third-order valence-corrected chi connectivity index (χ3v) is 4.25. The lowest BCUT2D eigenvalue weighted by Crippen LogP contribution is -2.19. The standard InChI is InChI=1S/C22H22N2O3/c1-4-27-21-17(9-7-11-19(21)26-3)14-23-24-22(25)20-15(2)12-13-16-8-5-6-10-18(16)20/h5-14H,4H2,1-3H3,(H,24,25)/b23-14-. The van der Waals surface area contributed by atoms with Crippen molar-refractivity contribution in [2.45, 2.75) is 13.8 Å². The molecule has 0 radical (unpaired) electrons. The summed E-state index contributed by atoms with van der Waals surface area (Å²) in [4.78, 5) is 12.7. The Hall–Kier alpha value is -3.34. The van der Waals surface area contributed by atoms with Crippen molar-refractivity contribution in [3.8, 4) is 11.5 Å². The molecule has 1 amide bonds. The first-order valence-corrected chi connectivity index (χ1v) is 8.77. The normalized spacial score (nSPS) is 10.9. The van der Waals surface area contributed by atoms with Gasteiger partial charge < -0.3 is 9.47 Å². The lowest BCUT2D eigenvalue weighted by atomic mass is 9.99. The van der Waals surface area contributed by atoms with Crippen molar-refractivity contribution in [2.75, 3.05) is 13.7 Å². The fourth-order valence-corrected chi connectivity index (χ4v) is 2.99. The fourth-order valence-electron chi connectivity index (χ4n) is 2.99. The number of hydrogen-bond acceptors (Lipinski definition) is 4. The summed E-state index contributed by atoms with van der Waals surface area (Å²) in [7, 11) is 1.59. The summed E-state index contributed by atoms with van der Waals surface area (Å²) in [5.41, 5.74) is 4.88. The highest BCUT2D eigenvalue weighted by Gasteiger charge is 2.13. The monoisotopic (exact) mass is 362 g/mol. The van der Waals surface area contributed by atoms with Crippen LogP contribution in [0.25, 0.3) is 10.8 Å². The number of amides is 1. The van der Waals surface area contributed by atoms with Crippen LogP contribution in [0, 0.1) is 6.92 Å². The molecule has 0 atom stereocenters. The molecule has 0 aliphatic rings. The number of carbonyl (C=O) groups excluding carboxylic acids is 1. The molecule has 3 aromatic carbocycles. The number of benzene rings is 3. The molecule has 5 heteroatoms. The fraction of sp³-hybridized carbons (Fsp3) is 0.182. The molecule has 3 rings (SSSR count). The van der Waals surface area contributed by atoms with E-state index in [1.807, 2.05) is 68.4 Å². The molecule has 0 spiro atoms. The maximum atomic E-state index is 12.7. The number of hydrogen-bond donors (Lipinski definition) is 1. The molecule has 0 fully saturated rings. The second-order valence-corrected chi connectivity index (χ2v) is 5.99. The molecule has 0 saturated heterocycles. The van der Waals surface area contributed by atoms with Crippen LogP contribution in [-0.2, 0) is 0 Å². The van der Waals surface area contributed by atoms with Gasteiger partial charge in [-0.1, -0.05) is 42.5 Å². The maximum absolute atomic E-state index is 12.7. The summed E-state index contributed by atoms with van der Waals surface area (Å²) in [6, 6.07) is 17.3. The maximum Gasteiger partial charge on any atom is 0.272 e. The second-order valence-electron chi connectivity index (χ2n) is 5.99. The van der Waals surface area contributed by atoms with E-state index in [-0.39, 0.29) is 5.91 Å². The molecule has 0 aliphatic carbocycles. The lowest BCUT2D eigenvalue weighted by molar-refractivity contribution is 0.0956. The largest absolute Gasteiger partial charge is 0.493 e. The predicted octanol–water partition coefficient (Wildman–Crippen LogP) is 4.32. The summed E-state index contributed by atoms with van der Waals surface area (Å²) in [6.45, 7) is 4.32. The predicted molar refractivity (Wildman–Crippen MR) is 108 cm³/mol. The van der Waals surface area contributed by atoms with Crippen LogP contribution < -0.4 is 14.9 Å². The zero-order chi connectivity index (χ0) is 19.2. The van der Waals surface area contributed by atoms with Gasteiger partial charge in [0.2, 0.25) is 0 Å². The van der Waals surface area contributed by atoms with Crippen molar-refractivity contribution in [3.63, 3.8) is 0 Å². The minimum absolute atomic E-state index is 0.249. The van der Waals surface area contributed by atoms with Crippen LogP contribution in [0.5, 0.6) is 11.5 Å². The summed E-state index contributed by atoms with van der Waals surface area (Å²) >= 11 is 0. The first-order valence-electron chi connectivity index (χ1n) is 8.77. The molecule has 0 heterocycles. The highest BCUT2D eigenvalue weighted by molar-refractivity contribution is 6.08. The summed E-state index contributed by atoms with van der Waals surface area (Å²) in [6.07, 6.45) is 1.56. The molecule has 3 aromatic rings. The third kappa shape index (κ3) is 3.92. The molecule has 138 valence electrons. The van der Waals surface area contributed by atoms with E-state index >= 15 is 0 Å². The number of nitrogens with one attached hydrogen (secondary N) is 1. The molecular formula is C22H22N2O3. The minimum Gasteiger partial charge on any atom is -0.493 e. The first-order chi connectivity index (χ1) is 13.2. The van der Waals surface area contributed by atoms with Gasteiger partial charge in [0.1, 0.15) is 0 Å². The summed E-state index contributed by atoms with van der Waals surface area (Å²) in [5, 5.41) is 6.05. The van der Waals surface area contributed by atoms with Gasteiger partial charge in [-0.25, -0.2) is 5.43 Å². The van der Waals surface area contributed by atoms with Crippen LogP contribution in [0.15, 0.2) is 59.7 Å². The van der Waals surface area contributed by atoms with E-state index in [1.165, 1.54) is 0 Å². The number of hydrazone groups is 1. The number of ether oxygens (including phenoxy) is 2. The highest BCUT2D eigenvalue weighted by atomic mass is 16.5. The SMILES string of the molecule is CCOc1c(/C=N\NC(=O)c2c(C)ccc3ccccc23)cccc1OC. The molecule has 0 bridgehead atoms. The van der Waals surface area contributed by atoms with Crippen LogP contribution in [0.4, 0.5) is 0 Å². The molecule has 27 heavy (non-hydrogen) atoms. The van der Waals surface area contributed by atoms with Gasteiger partial charge in [0.25, 0.3) is 5.91 Å². The van der Waals surface area contributed by atoms with Gasteiger partial charge >= 0.3 is 0 Å². The van der Waals surface area contributed by atoms with Crippen molar-refractivity contribution >= 4 is 22.9 Å². The van der Waals surface area contributed by atoms with Crippen LogP contribution in [0.2, 0.25) is 0 Å². The van der Waals surface area contributed by atoms with E-state index in [4.69, 9.17) is 9.47 Å². The van der Waals surface area contributed by atoms with Crippen LogP contribution in [-0.4, -0.2) is 25.8 Å².